The van der Waals surface area contributed by atoms with Gasteiger partial charge in [0.25, 0.3) is 5.88 Å². The molecule has 1 aromatic carbocycles. The second-order valence-electron chi connectivity index (χ2n) is 5.23. The van der Waals surface area contributed by atoms with Crippen LogP contribution in [0.2, 0.25) is 0 Å². The van der Waals surface area contributed by atoms with Crippen LogP contribution in [0.5, 0.6) is 23.1 Å². The molecule has 0 atom stereocenters. The molecule has 2 aromatic rings. The van der Waals surface area contributed by atoms with Crippen molar-refractivity contribution in [1.29, 1.82) is 0 Å². The van der Waals surface area contributed by atoms with Gasteiger partial charge in [-0.25, -0.2) is 4.98 Å². The first-order chi connectivity index (χ1) is 10.5. The summed E-state index contributed by atoms with van der Waals surface area (Å²) in [6, 6.07) is 5.06. The average Bonchev–Trinajstić information content (AvgIpc) is 2.50. The summed E-state index contributed by atoms with van der Waals surface area (Å²) in [6.07, 6.45) is 3.21. The second-order valence-corrected chi connectivity index (χ2v) is 5.23. The molecule has 6 heteroatoms. The van der Waals surface area contributed by atoms with Crippen molar-refractivity contribution >= 4 is 0 Å². The quantitative estimate of drug-likeness (QED) is 0.821. The molecule has 0 aliphatic carbocycles. The summed E-state index contributed by atoms with van der Waals surface area (Å²) in [7, 11) is 3.10. The van der Waals surface area contributed by atoms with E-state index in [0.29, 0.717) is 29.7 Å². The van der Waals surface area contributed by atoms with Crippen molar-refractivity contribution in [3.8, 4) is 23.1 Å². The molecule has 0 bridgehead atoms. The van der Waals surface area contributed by atoms with Gasteiger partial charge in [-0.2, -0.15) is 0 Å². The highest BCUT2D eigenvalue weighted by molar-refractivity contribution is 5.43. The van der Waals surface area contributed by atoms with Crippen molar-refractivity contribution in [2.24, 2.45) is 5.92 Å². The number of aromatic nitrogens is 2. The minimum atomic E-state index is -0.266. The Morgan fingerprint density at radius 1 is 1.09 bits per heavy atom. The summed E-state index contributed by atoms with van der Waals surface area (Å²) < 4.78 is 17.6. The number of methoxy groups -OCH3 is 2. The molecule has 0 saturated carbocycles. The zero-order valence-electron chi connectivity index (χ0n) is 13.2. The van der Waals surface area contributed by atoms with Gasteiger partial charge in [0, 0.05) is 37.1 Å². The Balaban J connectivity index is 2.33. The van der Waals surface area contributed by atoms with Crippen LogP contribution in [0.25, 0.3) is 0 Å². The van der Waals surface area contributed by atoms with Gasteiger partial charge in [0.05, 0.1) is 14.2 Å². The highest BCUT2D eigenvalue weighted by atomic mass is 16.5. The van der Waals surface area contributed by atoms with Gasteiger partial charge in [-0.3, -0.25) is 4.79 Å². The van der Waals surface area contributed by atoms with Gasteiger partial charge < -0.3 is 18.8 Å². The molecule has 0 aliphatic rings. The molecular weight excluding hydrogens is 284 g/mol. The van der Waals surface area contributed by atoms with Gasteiger partial charge >= 0.3 is 5.56 Å². The largest absolute Gasteiger partial charge is 0.496 e. The standard InChI is InChI=1S/C16H20N2O4/c1-11(2)10-18-6-5-17-15(16(18)19)22-14-8-12(20-3)7-13(9-14)21-4/h5-9,11H,10H2,1-4H3. The van der Waals surface area contributed by atoms with Gasteiger partial charge in [-0.15, -0.1) is 0 Å². The summed E-state index contributed by atoms with van der Waals surface area (Å²) in [4.78, 5) is 16.3. The molecule has 1 heterocycles. The summed E-state index contributed by atoms with van der Waals surface area (Å²) in [6.45, 7) is 4.69. The Bertz CT molecular complexity index is 673. The van der Waals surface area contributed by atoms with E-state index in [-0.39, 0.29) is 11.4 Å². The fourth-order valence-electron chi connectivity index (χ4n) is 1.99. The lowest BCUT2D eigenvalue weighted by Crippen LogP contribution is -2.23. The van der Waals surface area contributed by atoms with Crippen LogP contribution >= 0.6 is 0 Å². The van der Waals surface area contributed by atoms with E-state index in [4.69, 9.17) is 14.2 Å². The number of ether oxygens (including phenoxy) is 3. The smallest absolute Gasteiger partial charge is 0.313 e. The summed E-state index contributed by atoms with van der Waals surface area (Å²) >= 11 is 0. The monoisotopic (exact) mass is 304 g/mol. The van der Waals surface area contributed by atoms with Gasteiger partial charge in [0.1, 0.15) is 17.2 Å². The zero-order valence-corrected chi connectivity index (χ0v) is 13.2. The Morgan fingerprint density at radius 2 is 1.68 bits per heavy atom. The third-order valence-corrected chi connectivity index (χ3v) is 2.98. The predicted octanol–water partition coefficient (Wildman–Crippen LogP) is 2.71. The predicted molar refractivity (Wildman–Crippen MR) is 83.0 cm³/mol. The van der Waals surface area contributed by atoms with Crippen molar-refractivity contribution in [1.82, 2.24) is 9.55 Å². The van der Waals surface area contributed by atoms with E-state index in [1.165, 1.54) is 0 Å². The Morgan fingerprint density at radius 3 is 2.23 bits per heavy atom. The van der Waals surface area contributed by atoms with Crippen LogP contribution in [0.1, 0.15) is 13.8 Å². The van der Waals surface area contributed by atoms with Gasteiger partial charge in [-0.05, 0) is 5.92 Å². The lowest BCUT2D eigenvalue weighted by molar-refractivity contribution is 0.382. The number of hydrogen-bond donors (Lipinski definition) is 0. The molecule has 2 rings (SSSR count). The highest BCUT2D eigenvalue weighted by Gasteiger charge is 2.10. The van der Waals surface area contributed by atoms with E-state index in [9.17, 15) is 4.79 Å². The first-order valence-electron chi connectivity index (χ1n) is 7.00. The SMILES string of the molecule is COc1cc(OC)cc(Oc2nccn(CC(C)C)c2=O)c1. The van der Waals surface area contributed by atoms with E-state index in [1.807, 2.05) is 13.8 Å². The molecule has 22 heavy (non-hydrogen) atoms. The molecule has 0 aliphatic heterocycles. The van der Waals surface area contributed by atoms with Gasteiger partial charge in [-0.1, -0.05) is 13.8 Å². The molecule has 0 N–H and O–H groups in total. The van der Waals surface area contributed by atoms with E-state index < -0.39 is 0 Å². The summed E-state index contributed by atoms with van der Waals surface area (Å²) in [5, 5.41) is 0. The lowest BCUT2D eigenvalue weighted by atomic mass is 10.2. The van der Waals surface area contributed by atoms with E-state index in [0.717, 1.165) is 0 Å². The Hall–Kier alpha value is -2.50. The van der Waals surface area contributed by atoms with E-state index >= 15 is 0 Å². The molecule has 118 valence electrons. The van der Waals surface area contributed by atoms with Crippen molar-refractivity contribution in [3.05, 3.63) is 40.9 Å². The molecule has 0 amide bonds. The van der Waals surface area contributed by atoms with E-state index in [1.54, 1.807) is 49.4 Å². The summed E-state index contributed by atoms with van der Waals surface area (Å²) in [5.41, 5.74) is -0.266. The summed E-state index contributed by atoms with van der Waals surface area (Å²) in [5.74, 6) is 1.96. The zero-order chi connectivity index (χ0) is 16.1. The first-order valence-corrected chi connectivity index (χ1v) is 7.00. The fraction of sp³-hybridized carbons (Fsp3) is 0.375. The van der Waals surface area contributed by atoms with Crippen molar-refractivity contribution in [3.63, 3.8) is 0 Å². The Kier molecular flexibility index (Phi) is 5.04. The van der Waals surface area contributed by atoms with Crippen LogP contribution in [0, 0.1) is 5.92 Å². The molecular formula is C16H20N2O4. The lowest BCUT2D eigenvalue weighted by Gasteiger charge is -2.11. The average molecular weight is 304 g/mol. The van der Waals surface area contributed by atoms with Crippen LogP contribution in [0.4, 0.5) is 0 Å². The molecule has 0 saturated heterocycles. The van der Waals surface area contributed by atoms with Crippen LogP contribution < -0.4 is 19.8 Å². The van der Waals surface area contributed by atoms with Crippen molar-refractivity contribution in [2.45, 2.75) is 20.4 Å². The van der Waals surface area contributed by atoms with Crippen molar-refractivity contribution < 1.29 is 14.2 Å². The molecule has 6 nitrogen and oxygen atoms in total. The maximum atomic E-state index is 12.3. The van der Waals surface area contributed by atoms with Crippen LogP contribution in [0.3, 0.4) is 0 Å². The Labute approximate surface area is 129 Å². The van der Waals surface area contributed by atoms with Crippen LogP contribution in [0.15, 0.2) is 35.4 Å². The molecule has 0 unspecified atom stereocenters. The number of rotatable bonds is 6. The van der Waals surface area contributed by atoms with Gasteiger partial charge in [0.2, 0.25) is 0 Å². The highest BCUT2D eigenvalue weighted by Crippen LogP contribution is 2.29. The normalized spacial score (nSPS) is 10.6. The topological polar surface area (TPSA) is 62.6 Å². The third-order valence-electron chi connectivity index (χ3n) is 2.98. The third kappa shape index (κ3) is 3.78. The maximum Gasteiger partial charge on any atom is 0.313 e. The molecule has 1 aromatic heterocycles. The van der Waals surface area contributed by atoms with Crippen LogP contribution in [-0.2, 0) is 6.54 Å². The first kappa shape index (κ1) is 15.9. The maximum absolute atomic E-state index is 12.3. The molecule has 0 radical (unpaired) electrons. The van der Waals surface area contributed by atoms with Crippen LogP contribution in [-0.4, -0.2) is 23.8 Å². The minimum absolute atomic E-state index is 0.0263. The van der Waals surface area contributed by atoms with E-state index in [2.05, 4.69) is 4.98 Å². The van der Waals surface area contributed by atoms with Gasteiger partial charge in [0.15, 0.2) is 0 Å². The van der Waals surface area contributed by atoms with Crippen molar-refractivity contribution in [2.75, 3.05) is 14.2 Å². The number of benzene rings is 1. The second kappa shape index (κ2) is 6.98. The number of nitrogens with zero attached hydrogens (tertiary/aromatic N) is 2. The molecule has 0 fully saturated rings. The molecule has 0 spiro atoms. The number of hydrogen-bond acceptors (Lipinski definition) is 5. The fourth-order valence-corrected chi connectivity index (χ4v) is 1.99. The minimum Gasteiger partial charge on any atom is -0.496 e.